The van der Waals surface area contributed by atoms with Crippen LogP contribution in [0.25, 0.3) is 0 Å². The van der Waals surface area contributed by atoms with E-state index in [2.05, 4.69) is 30.4 Å². The van der Waals surface area contributed by atoms with Gasteiger partial charge in [-0.15, -0.1) is 11.8 Å². The summed E-state index contributed by atoms with van der Waals surface area (Å²) in [7, 11) is 0. The molecule has 0 radical (unpaired) electrons. The van der Waals surface area contributed by atoms with Crippen LogP contribution in [0.1, 0.15) is 5.56 Å². The number of nitrogens with one attached hydrogen (secondary N) is 1. The molecule has 0 atom stereocenters. The third-order valence-corrected chi connectivity index (χ3v) is 3.80. The largest absolute Gasteiger partial charge is 0.339 e. The first-order valence-electron chi connectivity index (χ1n) is 5.94. The molecule has 17 heavy (non-hydrogen) atoms. The summed E-state index contributed by atoms with van der Waals surface area (Å²) in [4.78, 5) is 15.1. The summed E-state index contributed by atoms with van der Waals surface area (Å²) in [6, 6.07) is 8.29. The molecule has 3 nitrogen and oxygen atoms in total. The number of piperazine rings is 1. The van der Waals surface area contributed by atoms with E-state index < -0.39 is 0 Å². The van der Waals surface area contributed by atoms with Crippen molar-refractivity contribution >= 4 is 17.7 Å². The van der Waals surface area contributed by atoms with Crippen LogP contribution in [0.3, 0.4) is 0 Å². The van der Waals surface area contributed by atoms with Gasteiger partial charge >= 0.3 is 0 Å². The molecular formula is C13H18N2OS. The molecule has 92 valence electrons. The van der Waals surface area contributed by atoms with E-state index in [1.54, 1.807) is 11.8 Å². The van der Waals surface area contributed by atoms with E-state index in [0.29, 0.717) is 5.75 Å². The molecule has 2 rings (SSSR count). The first-order valence-corrected chi connectivity index (χ1v) is 6.92. The molecule has 4 heteroatoms. The Morgan fingerprint density at radius 2 is 2.18 bits per heavy atom. The van der Waals surface area contributed by atoms with Crippen LogP contribution in [0.2, 0.25) is 0 Å². The summed E-state index contributed by atoms with van der Waals surface area (Å²) in [6.45, 7) is 5.59. The average molecular weight is 250 g/mol. The summed E-state index contributed by atoms with van der Waals surface area (Å²) < 4.78 is 0. The zero-order valence-electron chi connectivity index (χ0n) is 10.1. The van der Waals surface area contributed by atoms with Gasteiger partial charge in [-0.1, -0.05) is 17.7 Å². The van der Waals surface area contributed by atoms with Crippen molar-refractivity contribution in [3.63, 3.8) is 0 Å². The Labute approximate surface area is 107 Å². The quantitative estimate of drug-likeness (QED) is 0.826. The SMILES string of the molecule is Cc1cccc(SCC(=O)N2CCNCC2)c1. The summed E-state index contributed by atoms with van der Waals surface area (Å²) >= 11 is 1.62. The predicted molar refractivity (Wildman–Crippen MR) is 71.4 cm³/mol. The van der Waals surface area contributed by atoms with Crippen LogP contribution in [-0.4, -0.2) is 42.7 Å². The number of benzene rings is 1. The summed E-state index contributed by atoms with van der Waals surface area (Å²) in [5, 5.41) is 3.25. The van der Waals surface area contributed by atoms with E-state index in [9.17, 15) is 4.79 Å². The number of hydrogen-bond donors (Lipinski definition) is 1. The number of carbonyl (C=O) groups excluding carboxylic acids is 1. The zero-order valence-corrected chi connectivity index (χ0v) is 10.9. The molecule has 0 aromatic heterocycles. The van der Waals surface area contributed by atoms with Crippen LogP contribution in [0.15, 0.2) is 29.2 Å². The van der Waals surface area contributed by atoms with Gasteiger partial charge in [0.15, 0.2) is 0 Å². The molecule has 1 heterocycles. The number of nitrogens with zero attached hydrogens (tertiary/aromatic N) is 1. The highest BCUT2D eigenvalue weighted by Gasteiger charge is 2.15. The second-order valence-corrected chi connectivity index (χ2v) is 5.28. The number of aryl methyl sites for hydroxylation is 1. The van der Waals surface area contributed by atoms with Crippen molar-refractivity contribution in [3.8, 4) is 0 Å². The van der Waals surface area contributed by atoms with Gasteiger partial charge in [-0.25, -0.2) is 0 Å². The predicted octanol–water partition coefficient (Wildman–Crippen LogP) is 1.52. The Balaban J connectivity index is 1.83. The number of rotatable bonds is 3. The van der Waals surface area contributed by atoms with Crippen molar-refractivity contribution in [3.05, 3.63) is 29.8 Å². The number of carbonyl (C=O) groups is 1. The molecule has 1 aliphatic rings. The minimum absolute atomic E-state index is 0.248. The fourth-order valence-corrected chi connectivity index (χ4v) is 2.77. The van der Waals surface area contributed by atoms with E-state index in [1.165, 1.54) is 10.5 Å². The Kier molecular flexibility index (Phi) is 4.45. The fourth-order valence-electron chi connectivity index (χ4n) is 1.86. The summed E-state index contributed by atoms with van der Waals surface area (Å²) in [5.41, 5.74) is 1.24. The normalized spacial score (nSPS) is 15.9. The van der Waals surface area contributed by atoms with Gasteiger partial charge in [0, 0.05) is 31.1 Å². The molecule has 1 fully saturated rings. The monoisotopic (exact) mass is 250 g/mol. The van der Waals surface area contributed by atoms with Crippen molar-refractivity contribution in [1.29, 1.82) is 0 Å². The molecule has 0 aliphatic carbocycles. The molecule has 1 aromatic rings. The Morgan fingerprint density at radius 3 is 2.88 bits per heavy atom. The van der Waals surface area contributed by atoms with E-state index in [4.69, 9.17) is 0 Å². The number of thioether (sulfide) groups is 1. The third kappa shape index (κ3) is 3.75. The Hall–Kier alpha value is -1.00. The molecular weight excluding hydrogens is 232 g/mol. The first kappa shape index (κ1) is 12.5. The highest BCUT2D eigenvalue weighted by Crippen LogP contribution is 2.19. The Bertz CT molecular complexity index is 389. The Morgan fingerprint density at radius 1 is 1.41 bits per heavy atom. The van der Waals surface area contributed by atoms with Gasteiger partial charge in [0.1, 0.15) is 0 Å². The van der Waals surface area contributed by atoms with Crippen LogP contribution in [0, 0.1) is 6.92 Å². The van der Waals surface area contributed by atoms with Gasteiger partial charge in [-0.3, -0.25) is 4.79 Å². The van der Waals surface area contributed by atoms with Crippen molar-refractivity contribution < 1.29 is 4.79 Å². The van der Waals surface area contributed by atoms with Gasteiger partial charge in [0.2, 0.25) is 5.91 Å². The van der Waals surface area contributed by atoms with Crippen molar-refractivity contribution in [2.45, 2.75) is 11.8 Å². The van der Waals surface area contributed by atoms with Crippen LogP contribution < -0.4 is 5.32 Å². The molecule has 1 N–H and O–H groups in total. The second kappa shape index (κ2) is 6.07. The lowest BCUT2D eigenvalue weighted by Crippen LogP contribution is -2.47. The van der Waals surface area contributed by atoms with Crippen LogP contribution in [0.4, 0.5) is 0 Å². The van der Waals surface area contributed by atoms with Gasteiger partial charge in [-0.2, -0.15) is 0 Å². The minimum Gasteiger partial charge on any atom is -0.339 e. The first-order chi connectivity index (χ1) is 8.25. The van der Waals surface area contributed by atoms with Crippen LogP contribution in [0.5, 0.6) is 0 Å². The molecule has 1 saturated heterocycles. The molecule has 1 amide bonds. The van der Waals surface area contributed by atoms with E-state index in [1.807, 2.05) is 11.0 Å². The van der Waals surface area contributed by atoms with Crippen LogP contribution in [-0.2, 0) is 4.79 Å². The lowest BCUT2D eigenvalue weighted by Gasteiger charge is -2.27. The minimum atomic E-state index is 0.248. The zero-order chi connectivity index (χ0) is 12.1. The maximum Gasteiger partial charge on any atom is 0.233 e. The van der Waals surface area contributed by atoms with E-state index >= 15 is 0 Å². The van der Waals surface area contributed by atoms with Crippen molar-refractivity contribution in [1.82, 2.24) is 10.2 Å². The number of hydrogen-bond acceptors (Lipinski definition) is 3. The van der Waals surface area contributed by atoms with Crippen molar-refractivity contribution in [2.24, 2.45) is 0 Å². The molecule has 0 unspecified atom stereocenters. The standard InChI is InChI=1S/C13H18N2OS/c1-11-3-2-4-12(9-11)17-10-13(16)15-7-5-14-6-8-15/h2-4,9,14H,5-8,10H2,1H3. The summed E-state index contributed by atoms with van der Waals surface area (Å²) in [6.07, 6.45) is 0. The lowest BCUT2D eigenvalue weighted by molar-refractivity contribution is -0.128. The van der Waals surface area contributed by atoms with Crippen molar-refractivity contribution in [2.75, 3.05) is 31.9 Å². The fraction of sp³-hybridized carbons (Fsp3) is 0.462. The molecule has 0 saturated carbocycles. The molecule has 1 aliphatic heterocycles. The van der Waals surface area contributed by atoms with Crippen LogP contribution >= 0.6 is 11.8 Å². The third-order valence-electron chi connectivity index (χ3n) is 2.82. The summed E-state index contributed by atoms with van der Waals surface area (Å²) in [5.74, 6) is 0.793. The van der Waals surface area contributed by atoms with E-state index in [-0.39, 0.29) is 5.91 Å². The van der Waals surface area contributed by atoms with E-state index in [0.717, 1.165) is 26.2 Å². The second-order valence-electron chi connectivity index (χ2n) is 4.24. The van der Waals surface area contributed by atoms with Gasteiger partial charge in [0.25, 0.3) is 0 Å². The van der Waals surface area contributed by atoms with Gasteiger partial charge in [-0.05, 0) is 19.1 Å². The average Bonchev–Trinajstić information content (AvgIpc) is 2.37. The highest BCUT2D eigenvalue weighted by molar-refractivity contribution is 8.00. The molecule has 1 aromatic carbocycles. The van der Waals surface area contributed by atoms with Gasteiger partial charge < -0.3 is 10.2 Å². The maximum absolute atomic E-state index is 11.9. The topological polar surface area (TPSA) is 32.3 Å². The maximum atomic E-state index is 11.9. The highest BCUT2D eigenvalue weighted by atomic mass is 32.2. The molecule has 0 bridgehead atoms. The molecule has 0 spiro atoms. The number of amides is 1. The lowest BCUT2D eigenvalue weighted by atomic mass is 10.2. The smallest absolute Gasteiger partial charge is 0.233 e. The van der Waals surface area contributed by atoms with Gasteiger partial charge in [0.05, 0.1) is 5.75 Å².